The van der Waals surface area contributed by atoms with E-state index in [-0.39, 0.29) is 0 Å². The number of nitrogens with zero attached hydrogens (tertiary/aromatic N) is 3. The Morgan fingerprint density at radius 3 is 1.61 bits per heavy atom. The Morgan fingerprint density at radius 1 is 0.392 bits per heavy atom. The number of aryl methyl sites for hydroxylation is 1. The van der Waals surface area contributed by atoms with Gasteiger partial charge in [-0.3, -0.25) is 0 Å². The van der Waals surface area contributed by atoms with Crippen LogP contribution in [0.3, 0.4) is 0 Å². The molecule has 8 aromatic rings. The molecule has 240 valence electrons. The highest BCUT2D eigenvalue weighted by Gasteiger charge is 2.51. The van der Waals surface area contributed by atoms with E-state index >= 15 is 0 Å². The molecule has 1 aromatic heterocycles. The van der Waals surface area contributed by atoms with Crippen LogP contribution in [-0.2, 0) is 5.41 Å². The molecule has 0 saturated heterocycles. The third-order valence-corrected chi connectivity index (χ3v) is 10.3. The summed E-state index contributed by atoms with van der Waals surface area (Å²) in [5.41, 5.74) is 13.4. The van der Waals surface area contributed by atoms with Crippen molar-refractivity contribution in [3.63, 3.8) is 0 Å². The molecule has 0 saturated carbocycles. The van der Waals surface area contributed by atoms with Gasteiger partial charge in [0.25, 0.3) is 0 Å². The van der Waals surface area contributed by atoms with Crippen LogP contribution in [0.5, 0.6) is 11.5 Å². The summed E-state index contributed by atoms with van der Waals surface area (Å²) in [6.45, 7) is 1.92. The molecule has 0 atom stereocenters. The Morgan fingerprint density at radius 2 is 0.882 bits per heavy atom. The van der Waals surface area contributed by atoms with Crippen LogP contribution in [0.15, 0.2) is 170 Å². The molecule has 1 aliphatic heterocycles. The Bertz CT molecular complexity index is 2600. The average Bonchev–Trinajstić information content (AvgIpc) is 3.49. The van der Waals surface area contributed by atoms with Gasteiger partial charge in [0, 0.05) is 22.3 Å². The normalized spacial score (nSPS) is 13.1. The molecule has 1 aliphatic carbocycles. The van der Waals surface area contributed by atoms with Crippen molar-refractivity contribution >= 4 is 0 Å². The molecule has 1 spiro atoms. The minimum Gasteiger partial charge on any atom is -0.457 e. The number of para-hydroxylation sites is 2. The molecule has 10 rings (SSSR count). The summed E-state index contributed by atoms with van der Waals surface area (Å²) >= 11 is 0. The van der Waals surface area contributed by atoms with E-state index in [1.807, 2.05) is 37.3 Å². The first kappa shape index (κ1) is 29.3. The van der Waals surface area contributed by atoms with Crippen molar-refractivity contribution in [1.29, 1.82) is 0 Å². The van der Waals surface area contributed by atoms with Crippen molar-refractivity contribution in [2.24, 2.45) is 0 Å². The van der Waals surface area contributed by atoms with E-state index in [0.29, 0.717) is 17.5 Å². The molecule has 0 radical (unpaired) electrons. The number of rotatable bonds is 4. The standard InChI is InChI=1S/C47H31N3O/c1-30-48-45(31-14-3-2-4-15-31)50-46(49-30)35-19-12-17-33(29-35)32-16-11-18-34(28-32)36-21-13-25-41-44(36)37-20-5-6-22-38(37)47(41)39-23-7-9-26-42(39)51-43-27-10-8-24-40(43)47/h2-29H,1H3. The maximum atomic E-state index is 6.54. The fraction of sp³-hybridized carbons (Fsp3) is 0.0426. The number of aromatic nitrogens is 3. The van der Waals surface area contributed by atoms with Gasteiger partial charge in [-0.25, -0.2) is 15.0 Å². The summed E-state index contributed by atoms with van der Waals surface area (Å²) in [5, 5.41) is 0. The Hall–Kier alpha value is -6.65. The topological polar surface area (TPSA) is 47.9 Å². The number of hydrogen-bond donors (Lipinski definition) is 0. The Labute approximate surface area is 296 Å². The number of fused-ring (bicyclic) bond motifs is 9. The van der Waals surface area contributed by atoms with Crippen LogP contribution in [0.25, 0.3) is 56.2 Å². The van der Waals surface area contributed by atoms with Crippen LogP contribution >= 0.6 is 0 Å². The second-order valence-corrected chi connectivity index (χ2v) is 13.2. The van der Waals surface area contributed by atoms with Gasteiger partial charge in [-0.1, -0.05) is 146 Å². The summed E-state index contributed by atoms with van der Waals surface area (Å²) in [5.74, 6) is 3.83. The maximum absolute atomic E-state index is 6.54. The fourth-order valence-corrected chi connectivity index (χ4v) is 8.17. The predicted molar refractivity (Wildman–Crippen MR) is 204 cm³/mol. The molecule has 0 amide bonds. The van der Waals surface area contributed by atoms with Crippen molar-refractivity contribution in [2.45, 2.75) is 12.3 Å². The van der Waals surface area contributed by atoms with Crippen LogP contribution in [0, 0.1) is 6.92 Å². The van der Waals surface area contributed by atoms with Crippen LogP contribution < -0.4 is 4.74 Å². The first-order valence-electron chi connectivity index (χ1n) is 17.3. The highest BCUT2D eigenvalue weighted by Crippen LogP contribution is 2.63. The molecular weight excluding hydrogens is 623 g/mol. The molecule has 0 unspecified atom stereocenters. The van der Waals surface area contributed by atoms with Crippen molar-refractivity contribution in [1.82, 2.24) is 15.0 Å². The summed E-state index contributed by atoms with van der Waals surface area (Å²) in [6, 6.07) is 60.1. The molecule has 4 nitrogen and oxygen atoms in total. The van der Waals surface area contributed by atoms with E-state index in [1.165, 1.54) is 38.9 Å². The number of ether oxygens (including phenoxy) is 1. The monoisotopic (exact) mass is 653 g/mol. The highest BCUT2D eigenvalue weighted by molar-refractivity contribution is 5.97. The van der Waals surface area contributed by atoms with Gasteiger partial charge in [0.1, 0.15) is 17.3 Å². The minimum atomic E-state index is -0.499. The van der Waals surface area contributed by atoms with Crippen LogP contribution in [-0.4, -0.2) is 15.0 Å². The van der Waals surface area contributed by atoms with Crippen molar-refractivity contribution in [2.75, 3.05) is 0 Å². The van der Waals surface area contributed by atoms with E-state index in [9.17, 15) is 0 Å². The fourth-order valence-electron chi connectivity index (χ4n) is 8.17. The molecule has 0 N–H and O–H groups in total. The molecule has 51 heavy (non-hydrogen) atoms. The summed E-state index contributed by atoms with van der Waals surface area (Å²) < 4.78 is 6.54. The second-order valence-electron chi connectivity index (χ2n) is 13.2. The zero-order valence-corrected chi connectivity index (χ0v) is 27.9. The average molecular weight is 654 g/mol. The molecule has 7 aromatic carbocycles. The molecule has 2 heterocycles. The largest absolute Gasteiger partial charge is 0.457 e. The number of hydrogen-bond acceptors (Lipinski definition) is 4. The smallest absolute Gasteiger partial charge is 0.163 e. The lowest BCUT2D eigenvalue weighted by Crippen LogP contribution is -2.32. The summed E-state index contributed by atoms with van der Waals surface area (Å²) in [6.07, 6.45) is 0. The molecule has 4 heteroatoms. The van der Waals surface area contributed by atoms with Gasteiger partial charge in [-0.2, -0.15) is 0 Å². The van der Waals surface area contributed by atoms with Crippen LogP contribution in [0.2, 0.25) is 0 Å². The Kier molecular flexibility index (Phi) is 6.58. The zero-order chi connectivity index (χ0) is 33.9. The van der Waals surface area contributed by atoms with Gasteiger partial charge in [-0.15, -0.1) is 0 Å². The van der Waals surface area contributed by atoms with E-state index in [1.54, 1.807) is 0 Å². The van der Waals surface area contributed by atoms with E-state index in [0.717, 1.165) is 39.3 Å². The lowest BCUT2D eigenvalue weighted by Gasteiger charge is -2.39. The molecule has 0 fully saturated rings. The van der Waals surface area contributed by atoms with Crippen molar-refractivity contribution in [3.8, 4) is 67.7 Å². The third kappa shape index (κ3) is 4.50. The summed E-state index contributed by atoms with van der Waals surface area (Å²) in [4.78, 5) is 14.2. The maximum Gasteiger partial charge on any atom is 0.163 e. The quantitative estimate of drug-likeness (QED) is 0.190. The predicted octanol–water partition coefficient (Wildman–Crippen LogP) is 11.3. The lowest BCUT2D eigenvalue weighted by atomic mass is 9.66. The third-order valence-electron chi connectivity index (χ3n) is 10.3. The van der Waals surface area contributed by atoms with Crippen LogP contribution in [0.4, 0.5) is 0 Å². The lowest BCUT2D eigenvalue weighted by molar-refractivity contribution is 0.436. The molecular formula is C47H31N3O. The van der Waals surface area contributed by atoms with Gasteiger partial charge in [-0.05, 0) is 75.7 Å². The van der Waals surface area contributed by atoms with E-state index in [2.05, 4.69) is 145 Å². The van der Waals surface area contributed by atoms with Crippen molar-refractivity contribution in [3.05, 3.63) is 198 Å². The van der Waals surface area contributed by atoms with Gasteiger partial charge in [0.2, 0.25) is 0 Å². The van der Waals surface area contributed by atoms with Crippen molar-refractivity contribution < 1.29 is 4.74 Å². The van der Waals surface area contributed by atoms with Gasteiger partial charge < -0.3 is 4.74 Å². The molecule has 2 aliphatic rings. The van der Waals surface area contributed by atoms with Gasteiger partial charge in [0.05, 0.1) is 5.41 Å². The minimum absolute atomic E-state index is 0.499. The van der Waals surface area contributed by atoms with E-state index < -0.39 is 5.41 Å². The SMILES string of the molecule is Cc1nc(-c2ccccc2)nc(-c2cccc(-c3cccc(-c4cccc5c4-c4ccccc4C54c5ccccc5Oc5ccccc54)c3)c2)n1. The second kappa shape index (κ2) is 11.5. The summed E-state index contributed by atoms with van der Waals surface area (Å²) in [7, 11) is 0. The van der Waals surface area contributed by atoms with Gasteiger partial charge in [0.15, 0.2) is 11.6 Å². The zero-order valence-electron chi connectivity index (χ0n) is 27.9. The first-order valence-corrected chi connectivity index (χ1v) is 17.3. The van der Waals surface area contributed by atoms with E-state index in [4.69, 9.17) is 14.7 Å². The first-order chi connectivity index (χ1) is 25.2. The number of benzene rings is 7. The molecule has 0 bridgehead atoms. The Balaban J connectivity index is 1.12. The highest BCUT2D eigenvalue weighted by atomic mass is 16.5. The van der Waals surface area contributed by atoms with Crippen LogP contribution in [0.1, 0.15) is 28.1 Å². The van der Waals surface area contributed by atoms with Gasteiger partial charge >= 0.3 is 0 Å².